The zero-order valence-electron chi connectivity index (χ0n) is 17.8. The lowest BCUT2D eigenvalue weighted by Gasteiger charge is -2.39. The Bertz CT molecular complexity index is 1030. The molecule has 1 N–H and O–H groups in total. The fourth-order valence-corrected chi connectivity index (χ4v) is 5.25. The van der Waals surface area contributed by atoms with Gasteiger partial charge in [0.25, 0.3) is 0 Å². The molecule has 2 saturated heterocycles. The van der Waals surface area contributed by atoms with Crippen molar-refractivity contribution in [1.82, 2.24) is 15.3 Å². The minimum Gasteiger partial charge on any atom is -0.337 e. The molecular weight excluding hydrogens is 414 g/mol. The highest BCUT2D eigenvalue weighted by atomic mass is 19.1. The number of amides is 2. The minimum absolute atomic E-state index is 0.0598. The minimum atomic E-state index is -0.270. The first-order chi connectivity index (χ1) is 15.5. The first-order valence-electron chi connectivity index (χ1n) is 11.2. The number of unbranched alkanes of at least 4 members (excludes halogenated alkanes) is 1. The number of benzene rings is 2. The molecule has 32 heavy (non-hydrogen) atoms. The number of likely N-dealkylation sites (tertiary alicyclic amines) is 1. The molecule has 2 aromatic carbocycles. The van der Waals surface area contributed by atoms with Gasteiger partial charge in [-0.15, -0.1) is 0 Å². The molecule has 0 aliphatic carbocycles. The number of carbonyl (C=O) groups excluding carboxylic acids is 2. The molecule has 3 aliphatic rings. The lowest BCUT2D eigenvalue weighted by Crippen LogP contribution is -2.45. The highest BCUT2D eigenvalue weighted by molar-refractivity contribution is 6.02. The molecule has 3 heterocycles. The maximum Gasteiger partial charge on any atom is 0.250 e. The summed E-state index contributed by atoms with van der Waals surface area (Å²) in [7, 11) is 0. The first-order valence-corrected chi connectivity index (χ1v) is 11.2. The summed E-state index contributed by atoms with van der Waals surface area (Å²) < 4.78 is 27.6. The highest BCUT2D eigenvalue weighted by Gasteiger charge is 2.42. The third kappa shape index (κ3) is 3.95. The van der Waals surface area contributed by atoms with E-state index in [9.17, 15) is 18.4 Å². The number of carbonyl (C=O) groups is 2. The number of fused-ring (bicyclic) bond motifs is 3. The number of halogens is 2. The fourth-order valence-electron chi connectivity index (χ4n) is 5.25. The standard InChI is InChI=1S/C24H26F2N4O2/c25-16-3-6-18(7-4-16)30-21-8-5-17(26)13-19(21)20-15-28(12-9-22(20)30)10-1-2-11-29-24(32)14-23(31)27-29/h3-8,13,20,22H,1-2,9-12,14-15H2,(H,27,31)/t20-,22+/m0/s1. The van der Waals surface area contributed by atoms with E-state index in [2.05, 4.69) is 15.2 Å². The molecule has 2 aromatic rings. The largest absolute Gasteiger partial charge is 0.337 e. The van der Waals surface area contributed by atoms with Crippen LogP contribution in [0, 0.1) is 11.6 Å². The third-order valence-corrected chi connectivity index (χ3v) is 6.72. The zero-order chi connectivity index (χ0) is 22.2. The van der Waals surface area contributed by atoms with Gasteiger partial charge in [-0.2, -0.15) is 0 Å². The van der Waals surface area contributed by atoms with Crippen LogP contribution in [0.3, 0.4) is 0 Å². The van der Waals surface area contributed by atoms with Crippen molar-refractivity contribution in [2.45, 2.75) is 37.6 Å². The summed E-state index contributed by atoms with van der Waals surface area (Å²) in [5.41, 5.74) is 5.51. The topological polar surface area (TPSA) is 55.9 Å². The number of hydrogen-bond donors (Lipinski definition) is 1. The van der Waals surface area contributed by atoms with E-state index in [1.165, 1.54) is 23.2 Å². The van der Waals surface area contributed by atoms with Crippen molar-refractivity contribution in [2.24, 2.45) is 0 Å². The van der Waals surface area contributed by atoms with Crippen LogP contribution in [-0.2, 0) is 9.59 Å². The van der Waals surface area contributed by atoms with Crippen molar-refractivity contribution in [3.8, 4) is 0 Å². The van der Waals surface area contributed by atoms with Crippen LogP contribution in [0.2, 0.25) is 0 Å². The molecule has 0 radical (unpaired) electrons. The molecule has 0 bridgehead atoms. The van der Waals surface area contributed by atoms with E-state index in [1.54, 1.807) is 18.2 Å². The Balaban J connectivity index is 1.25. The normalized spacial score (nSPS) is 22.8. The van der Waals surface area contributed by atoms with Gasteiger partial charge in [0.15, 0.2) is 0 Å². The Labute approximate surface area is 185 Å². The summed E-state index contributed by atoms with van der Waals surface area (Å²) in [5.74, 6) is -0.734. The van der Waals surface area contributed by atoms with Crippen LogP contribution in [0.4, 0.5) is 20.2 Å². The molecule has 8 heteroatoms. The Kier molecular flexibility index (Phi) is 5.55. The van der Waals surface area contributed by atoms with Gasteiger partial charge in [-0.3, -0.25) is 20.0 Å². The van der Waals surface area contributed by atoms with Crippen molar-refractivity contribution in [1.29, 1.82) is 0 Å². The molecule has 2 fully saturated rings. The SMILES string of the molecule is O=C1CC(=O)N(CCCCN2CC[C@@H]3[C@@H](C2)c2cc(F)ccc2N3c2ccc(F)cc2)N1. The van der Waals surface area contributed by atoms with Gasteiger partial charge in [-0.1, -0.05) is 0 Å². The average molecular weight is 440 g/mol. The summed E-state index contributed by atoms with van der Waals surface area (Å²) in [6.07, 6.45) is 2.59. The molecule has 0 spiro atoms. The maximum atomic E-state index is 14.1. The zero-order valence-corrected chi connectivity index (χ0v) is 17.8. The lowest BCUT2D eigenvalue weighted by atomic mass is 9.89. The van der Waals surface area contributed by atoms with Gasteiger partial charge in [-0.25, -0.2) is 8.78 Å². The van der Waals surface area contributed by atoms with Crippen LogP contribution in [0.5, 0.6) is 0 Å². The van der Waals surface area contributed by atoms with Crippen LogP contribution in [0.25, 0.3) is 0 Å². The van der Waals surface area contributed by atoms with Crippen LogP contribution >= 0.6 is 0 Å². The van der Waals surface area contributed by atoms with Gasteiger partial charge in [0.1, 0.15) is 18.1 Å². The van der Waals surface area contributed by atoms with Gasteiger partial charge in [0, 0.05) is 43.0 Å². The van der Waals surface area contributed by atoms with Crippen molar-refractivity contribution >= 4 is 23.2 Å². The van der Waals surface area contributed by atoms with E-state index in [0.717, 1.165) is 55.8 Å². The van der Waals surface area contributed by atoms with E-state index in [1.807, 2.05) is 6.07 Å². The molecule has 0 aromatic heterocycles. The summed E-state index contributed by atoms with van der Waals surface area (Å²) in [6.45, 7) is 3.17. The summed E-state index contributed by atoms with van der Waals surface area (Å²) >= 11 is 0. The Morgan fingerprint density at radius 2 is 1.72 bits per heavy atom. The third-order valence-electron chi connectivity index (χ3n) is 6.72. The Morgan fingerprint density at radius 3 is 2.47 bits per heavy atom. The predicted molar refractivity (Wildman–Crippen MR) is 116 cm³/mol. The monoisotopic (exact) mass is 440 g/mol. The fraction of sp³-hybridized carbons (Fsp3) is 0.417. The Hall–Kier alpha value is -3.00. The molecule has 0 unspecified atom stereocenters. The number of piperidine rings is 1. The van der Waals surface area contributed by atoms with Gasteiger partial charge in [0.05, 0.1) is 0 Å². The van der Waals surface area contributed by atoms with Crippen molar-refractivity contribution in [3.63, 3.8) is 0 Å². The highest BCUT2D eigenvalue weighted by Crippen LogP contribution is 2.48. The number of anilines is 2. The second-order valence-corrected chi connectivity index (χ2v) is 8.78. The lowest BCUT2D eigenvalue weighted by molar-refractivity contribution is -0.129. The van der Waals surface area contributed by atoms with Crippen molar-refractivity contribution < 1.29 is 18.4 Å². The number of hydrogen-bond acceptors (Lipinski definition) is 4. The molecule has 0 saturated carbocycles. The molecule has 3 aliphatic heterocycles. The number of nitrogens with zero attached hydrogens (tertiary/aromatic N) is 3. The summed E-state index contributed by atoms with van der Waals surface area (Å²) in [5, 5.41) is 1.41. The van der Waals surface area contributed by atoms with Gasteiger partial charge in [0.2, 0.25) is 11.8 Å². The van der Waals surface area contributed by atoms with Gasteiger partial charge < -0.3 is 9.80 Å². The van der Waals surface area contributed by atoms with Crippen LogP contribution in [0.15, 0.2) is 42.5 Å². The smallest absolute Gasteiger partial charge is 0.250 e. The predicted octanol–water partition coefficient (Wildman–Crippen LogP) is 3.32. The molecule has 168 valence electrons. The molecule has 6 nitrogen and oxygen atoms in total. The summed E-state index contributed by atoms with van der Waals surface area (Å²) in [6, 6.07) is 11.7. The van der Waals surface area contributed by atoms with Gasteiger partial charge in [-0.05, 0) is 73.8 Å². The van der Waals surface area contributed by atoms with Crippen LogP contribution in [0.1, 0.15) is 37.2 Å². The van der Waals surface area contributed by atoms with E-state index in [-0.39, 0.29) is 41.8 Å². The van der Waals surface area contributed by atoms with Gasteiger partial charge >= 0.3 is 0 Å². The van der Waals surface area contributed by atoms with Crippen LogP contribution in [-0.4, -0.2) is 53.9 Å². The molecule has 2 atom stereocenters. The molecule has 5 rings (SSSR count). The van der Waals surface area contributed by atoms with Crippen molar-refractivity contribution in [2.75, 3.05) is 31.1 Å². The van der Waals surface area contributed by atoms with Crippen molar-refractivity contribution in [3.05, 3.63) is 59.7 Å². The number of rotatable bonds is 6. The van der Waals surface area contributed by atoms with E-state index in [0.29, 0.717) is 6.54 Å². The first kappa shape index (κ1) is 20.9. The number of nitrogens with one attached hydrogen (secondary N) is 1. The number of hydrazine groups is 1. The Morgan fingerprint density at radius 1 is 0.969 bits per heavy atom. The maximum absolute atomic E-state index is 14.1. The summed E-state index contributed by atoms with van der Waals surface area (Å²) in [4.78, 5) is 27.6. The quantitative estimate of drug-likeness (QED) is 0.553. The van der Waals surface area contributed by atoms with Crippen LogP contribution < -0.4 is 10.3 Å². The molecule has 2 amide bonds. The van der Waals surface area contributed by atoms with E-state index < -0.39 is 0 Å². The molecular formula is C24H26F2N4O2. The van der Waals surface area contributed by atoms with E-state index in [4.69, 9.17) is 0 Å². The second kappa shape index (κ2) is 8.50. The average Bonchev–Trinajstić information content (AvgIpc) is 3.27. The second-order valence-electron chi connectivity index (χ2n) is 8.78. The van der Waals surface area contributed by atoms with E-state index >= 15 is 0 Å².